The largest absolute Gasteiger partial charge is 0.508 e. The molecule has 0 heterocycles. The van der Waals surface area contributed by atoms with Crippen LogP contribution in [-0.2, 0) is 6.42 Å². The molecule has 17 heavy (non-hydrogen) atoms. The molecule has 2 rings (SSSR count). The van der Waals surface area contributed by atoms with E-state index in [2.05, 4.69) is 0 Å². The van der Waals surface area contributed by atoms with Gasteiger partial charge in [-0.05, 0) is 29.8 Å². The predicted molar refractivity (Wildman–Crippen MR) is 64.2 cm³/mol. The van der Waals surface area contributed by atoms with E-state index in [0.29, 0.717) is 5.56 Å². The molecule has 0 fully saturated rings. The van der Waals surface area contributed by atoms with Gasteiger partial charge < -0.3 is 10.2 Å². The van der Waals surface area contributed by atoms with Gasteiger partial charge in [0.05, 0.1) is 5.56 Å². The van der Waals surface area contributed by atoms with E-state index in [-0.39, 0.29) is 23.7 Å². The lowest BCUT2D eigenvalue weighted by atomic mass is 10.0. The minimum atomic E-state index is -0.172. The zero-order valence-electron chi connectivity index (χ0n) is 9.13. The molecule has 0 spiro atoms. The highest BCUT2D eigenvalue weighted by Crippen LogP contribution is 2.19. The minimum Gasteiger partial charge on any atom is -0.508 e. The van der Waals surface area contributed by atoms with Crippen molar-refractivity contribution in [1.29, 1.82) is 0 Å². The average Bonchev–Trinajstić information content (AvgIpc) is 2.29. The van der Waals surface area contributed by atoms with Crippen molar-refractivity contribution in [1.82, 2.24) is 0 Å². The van der Waals surface area contributed by atoms with Crippen LogP contribution in [0.15, 0.2) is 48.5 Å². The maximum atomic E-state index is 11.9. The van der Waals surface area contributed by atoms with Gasteiger partial charge in [0.1, 0.15) is 11.5 Å². The number of rotatable bonds is 3. The lowest BCUT2D eigenvalue weighted by Crippen LogP contribution is -2.03. The molecule has 0 radical (unpaired) electrons. The lowest BCUT2D eigenvalue weighted by molar-refractivity contribution is 0.0990. The first kappa shape index (κ1) is 11.2. The number of benzene rings is 2. The number of para-hydroxylation sites is 1. The fourth-order valence-corrected chi connectivity index (χ4v) is 1.66. The lowest BCUT2D eigenvalue weighted by Gasteiger charge is -2.04. The summed E-state index contributed by atoms with van der Waals surface area (Å²) in [6.45, 7) is 0. The number of Topliss-reactive ketones (excluding diaryl/α,β-unsaturated/α-hetero) is 1. The highest BCUT2D eigenvalue weighted by Gasteiger charge is 2.11. The fraction of sp³-hybridized carbons (Fsp3) is 0.0714. The summed E-state index contributed by atoms with van der Waals surface area (Å²) >= 11 is 0. The van der Waals surface area contributed by atoms with Crippen molar-refractivity contribution in [3.63, 3.8) is 0 Å². The highest BCUT2D eigenvalue weighted by molar-refractivity contribution is 5.99. The summed E-state index contributed by atoms with van der Waals surface area (Å²) < 4.78 is 0. The van der Waals surface area contributed by atoms with Gasteiger partial charge in [-0.15, -0.1) is 0 Å². The third-order valence-electron chi connectivity index (χ3n) is 2.48. The molecular formula is C14H12O3. The number of aromatic hydroxyl groups is 2. The predicted octanol–water partition coefficient (Wildman–Crippen LogP) is 2.52. The van der Waals surface area contributed by atoms with Crippen molar-refractivity contribution in [3.8, 4) is 11.5 Å². The molecular weight excluding hydrogens is 216 g/mol. The molecule has 0 saturated heterocycles. The average molecular weight is 228 g/mol. The maximum Gasteiger partial charge on any atom is 0.170 e. The monoisotopic (exact) mass is 228 g/mol. The van der Waals surface area contributed by atoms with Gasteiger partial charge in [-0.1, -0.05) is 24.3 Å². The van der Waals surface area contributed by atoms with Crippen LogP contribution >= 0.6 is 0 Å². The van der Waals surface area contributed by atoms with Gasteiger partial charge in [0.25, 0.3) is 0 Å². The summed E-state index contributed by atoms with van der Waals surface area (Å²) in [6.07, 6.45) is 0.159. The van der Waals surface area contributed by atoms with Gasteiger partial charge in [-0.25, -0.2) is 0 Å². The maximum absolute atomic E-state index is 11.9. The number of carbonyl (C=O) groups excluding carboxylic acids is 1. The smallest absolute Gasteiger partial charge is 0.170 e. The molecule has 3 nitrogen and oxygen atoms in total. The van der Waals surface area contributed by atoms with Crippen molar-refractivity contribution in [3.05, 3.63) is 59.7 Å². The van der Waals surface area contributed by atoms with Crippen molar-refractivity contribution in [2.45, 2.75) is 6.42 Å². The molecule has 2 aromatic rings. The van der Waals surface area contributed by atoms with Crippen LogP contribution in [0.1, 0.15) is 15.9 Å². The third kappa shape index (κ3) is 2.64. The summed E-state index contributed by atoms with van der Waals surface area (Å²) in [7, 11) is 0. The van der Waals surface area contributed by atoms with Crippen LogP contribution in [0.25, 0.3) is 0 Å². The molecule has 2 N–H and O–H groups in total. The summed E-state index contributed by atoms with van der Waals surface area (Å²) in [4.78, 5) is 11.9. The number of phenols is 2. The molecule has 86 valence electrons. The van der Waals surface area contributed by atoms with Crippen LogP contribution in [0.3, 0.4) is 0 Å². The Hall–Kier alpha value is -2.29. The first-order valence-corrected chi connectivity index (χ1v) is 5.26. The summed E-state index contributed by atoms with van der Waals surface area (Å²) in [5.74, 6) is -0.0565. The SMILES string of the molecule is O=C(Cc1cccc(O)c1)c1ccccc1O. The number of hydrogen-bond donors (Lipinski definition) is 2. The van der Waals surface area contributed by atoms with Gasteiger partial charge in [0, 0.05) is 6.42 Å². The van der Waals surface area contributed by atoms with Crippen molar-refractivity contribution in [2.75, 3.05) is 0 Å². The Kier molecular flexibility index (Phi) is 3.10. The molecule has 0 aromatic heterocycles. The second kappa shape index (κ2) is 4.70. The standard InChI is InChI=1S/C14H12O3/c15-11-5-3-4-10(8-11)9-14(17)12-6-1-2-7-13(12)16/h1-8,15-16H,9H2. The first-order chi connectivity index (χ1) is 8.16. The van der Waals surface area contributed by atoms with Crippen molar-refractivity contribution in [2.24, 2.45) is 0 Å². The summed E-state index contributed by atoms with van der Waals surface area (Å²) in [5.41, 5.74) is 1.02. The zero-order chi connectivity index (χ0) is 12.3. The molecule has 0 aliphatic rings. The Balaban J connectivity index is 2.20. The van der Waals surface area contributed by atoms with Crippen LogP contribution in [0.5, 0.6) is 11.5 Å². The number of hydrogen-bond acceptors (Lipinski definition) is 3. The van der Waals surface area contributed by atoms with Gasteiger partial charge in [-0.3, -0.25) is 4.79 Å². The molecule has 0 bridgehead atoms. The van der Waals surface area contributed by atoms with E-state index in [1.807, 2.05) is 0 Å². The molecule has 0 aliphatic carbocycles. The Labute approximate surface area is 99.0 Å². The minimum absolute atomic E-state index is 0.0161. The quantitative estimate of drug-likeness (QED) is 0.793. The Morgan fingerprint density at radius 1 is 1.00 bits per heavy atom. The molecule has 0 aliphatic heterocycles. The summed E-state index contributed by atoms with van der Waals surface area (Å²) in [5, 5.41) is 18.8. The van der Waals surface area contributed by atoms with E-state index >= 15 is 0 Å². The second-order valence-corrected chi connectivity index (χ2v) is 3.79. The van der Waals surface area contributed by atoms with Crippen LogP contribution < -0.4 is 0 Å². The highest BCUT2D eigenvalue weighted by atomic mass is 16.3. The van der Waals surface area contributed by atoms with E-state index < -0.39 is 0 Å². The van der Waals surface area contributed by atoms with Gasteiger partial charge in [0.15, 0.2) is 5.78 Å². The Morgan fingerprint density at radius 3 is 2.47 bits per heavy atom. The Morgan fingerprint density at radius 2 is 1.76 bits per heavy atom. The molecule has 2 aromatic carbocycles. The normalized spacial score (nSPS) is 10.1. The molecule has 0 amide bonds. The van der Waals surface area contributed by atoms with E-state index in [1.165, 1.54) is 12.1 Å². The van der Waals surface area contributed by atoms with E-state index in [9.17, 15) is 15.0 Å². The van der Waals surface area contributed by atoms with Crippen LogP contribution in [-0.4, -0.2) is 16.0 Å². The Bertz CT molecular complexity index is 547. The zero-order valence-corrected chi connectivity index (χ0v) is 9.13. The summed E-state index contributed by atoms with van der Waals surface area (Å²) in [6, 6.07) is 13.0. The molecule has 3 heteroatoms. The number of phenolic OH excluding ortho intramolecular Hbond substituents is 2. The number of carbonyl (C=O) groups is 1. The van der Waals surface area contributed by atoms with E-state index in [4.69, 9.17) is 0 Å². The van der Waals surface area contributed by atoms with E-state index in [1.54, 1.807) is 36.4 Å². The topological polar surface area (TPSA) is 57.5 Å². The molecule has 0 atom stereocenters. The van der Waals surface area contributed by atoms with Crippen LogP contribution in [0, 0.1) is 0 Å². The van der Waals surface area contributed by atoms with Gasteiger partial charge >= 0.3 is 0 Å². The molecule has 0 unspecified atom stereocenters. The number of ketones is 1. The van der Waals surface area contributed by atoms with Crippen molar-refractivity contribution < 1.29 is 15.0 Å². The first-order valence-electron chi connectivity index (χ1n) is 5.26. The van der Waals surface area contributed by atoms with Crippen molar-refractivity contribution >= 4 is 5.78 Å². The van der Waals surface area contributed by atoms with Crippen LogP contribution in [0.2, 0.25) is 0 Å². The third-order valence-corrected chi connectivity index (χ3v) is 2.48. The van der Waals surface area contributed by atoms with E-state index in [0.717, 1.165) is 5.56 Å². The van der Waals surface area contributed by atoms with Crippen LogP contribution in [0.4, 0.5) is 0 Å². The van der Waals surface area contributed by atoms with Gasteiger partial charge in [-0.2, -0.15) is 0 Å². The molecule has 0 saturated carbocycles. The van der Waals surface area contributed by atoms with Gasteiger partial charge in [0.2, 0.25) is 0 Å². The second-order valence-electron chi connectivity index (χ2n) is 3.79. The fourth-order valence-electron chi connectivity index (χ4n) is 1.66.